The lowest BCUT2D eigenvalue weighted by Gasteiger charge is -2.28. The van der Waals surface area contributed by atoms with Gasteiger partial charge in [0.1, 0.15) is 11.5 Å². The van der Waals surface area contributed by atoms with E-state index >= 15 is 0 Å². The van der Waals surface area contributed by atoms with Crippen molar-refractivity contribution in [3.63, 3.8) is 0 Å². The Morgan fingerprint density at radius 1 is 1.19 bits per heavy atom. The van der Waals surface area contributed by atoms with Gasteiger partial charge in [-0.15, -0.1) is 0 Å². The van der Waals surface area contributed by atoms with Crippen LogP contribution in [0.3, 0.4) is 0 Å². The Kier molecular flexibility index (Phi) is 7.30. The molecule has 0 radical (unpaired) electrons. The van der Waals surface area contributed by atoms with Gasteiger partial charge in [0.25, 0.3) is 11.7 Å². The van der Waals surface area contributed by atoms with E-state index in [-0.39, 0.29) is 11.3 Å². The molecule has 2 heterocycles. The molecule has 7 heteroatoms. The Hall–Kier alpha value is -3.19. The van der Waals surface area contributed by atoms with Crippen molar-refractivity contribution in [3.8, 4) is 5.75 Å². The van der Waals surface area contributed by atoms with Crippen LogP contribution in [0.1, 0.15) is 42.1 Å². The monoisotopic (exact) mass is 437 g/mol. The van der Waals surface area contributed by atoms with Gasteiger partial charge in [0, 0.05) is 31.0 Å². The number of amides is 1. The summed E-state index contributed by atoms with van der Waals surface area (Å²) in [4.78, 5) is 34.1. The third-order valence-corrected chi connectivity index (χ3v) is 6.09. The van der Waals surface area contributed by atoms with Crippen molar-refractivity contribution in [2.45, 2.75) is 33.7 Å². The van der Waals surface area contributed by atoms with Crippen molar-refractivity contribution in [2.75, 3.05) is 33.3 Å². The maximum atomic E-state index is 13.1. The minimum atomic E-state index is -0.693. The first-order chi connectivity index (χ1) is 15.3. The summed E-state index contributed by atoms with van der Waals surface area (Å²) in [5, 5.41) is 11.3. The molecule has 3 rings (SSSR count). The van der Waals surface area contributed by atoms with Gasteiger partial charge in [-0.25, -0.2) is 0 Å². The van der Waals surface area contributed by atoms with Gasteiger partial charge in [-0.3, -0.25) is 14.6 Å². The number of benzene rings is 1. The molecule has 1 aliphatic rings. The SMILES string of the molecule is CCN(CC)CCN1C(=O)C(=O)/C(=C(/O)c2cc(C)c(OC)cc2C)C1c1cccnc1. The molecule has 1 aliphatic heterocycles. The first kappa shape index (κ1) is 23.5. The zero-order valence-electron chi connectivity index (χ0n) is 19.4. The number of hydrogen-bond acceptors (Lipinski definition) is 6. The second-order valence-electron chi connectivity index (χ2n) is 7.94. The second-order valence-corrected chi connectivity index (χ2v) is 7.94. The molecule has 32 heavy (non-hydrogen) atoms. The number of carbonyl (C=O) groups excluding carboxylic acids is 2. The van der Waals surface area contributed by atoms with Crippen LogP contribution in [0.25, 0.3) is 5.76 Å². The highest BCUT2D eigenvalue weighted by atomic mass is 16.5. The van der Waals surface area contributed by atoms with Gasteiger partial charge < -0.3 is 19.6 Å². The van der Waals surface area contributed by atoms with Crippen LogP contribution in [0.4, 0.5) is 0 Å². The molecular formula is C25H31N3O4. The summed E-state index contributed by atoms with van der Waals surface area (Å²) < 4.78 is 5.37. The van der Waals surface area contributed by atoms with Gasteiger partial charge in [-0.05, 0) is 61.8 Å². The van der Waals surface area contributed by atoms with E-state index in [0.29, 0.717) is 30.0 Å². The van der Waals surface area contributed by atoms with Gasteiger partial charge in [0.2, 0.25) is 0 Å². The third-order valence-electron chi connectivity index (χ3n) is 6.09. The Morgan fingerprint density at radius 3 is 2.50 bits per heavy atom. The van der Waals surface area contributed by atoms with Crippen LogP contribution in [0.15, 0.2) is 42.2 Å². The van der Waals surface area contributed by atoms with Gasteiger partial charge in [-0.1, -0.05) is 19.9 Å². The summed E-state index contributed by atoms with van der Waals surface area (Å²) in [7, 11) is 1.59. The average Bonchev–Trinajstić information content (AvgIpc) is 3.06. The van der Waals surface area contributed by atoms with Crippen molar-refractivity contribution in [2.24, 2.45) is 0 Å². The first-order valence-electron chi connectivity index (χ1n) is 10.9. The number of nitrogens with zero attached hydrogens (tertiary/aromatic N) is 3. The highest BCUT2D eigenvalue weighted by Gasteiger charge is 2.46. The molecule has 0 aliphatic carbocycles. The van der Waals surface area contributed by atoms with E-state index in [1.54, 1.807) is 36.5 Å². The molecule has 1 amide bonds. The molecule has 1 unspecified atom stereocenters. The molecule has 1 N–H and O–H groups in total. The number of methoxy groups -OCH3 is 1. The number of carbonyl (C=O) groups is 2. The van der Waals surface area contributed by atoms with Crippen LogP contribution in [0.5, 0.6) is 5.75 Å². The maximum absolute atomic E-state index is 13.1. The quantitative estimate of drug-likeness (QED) is 0.387. The largest absolute Gasteiger partial charge is 0.507 e. The first-order valence-corrected chi connectivity index (χ1v) is 10.9. The number of pyridine rings is 1. The van der Waals surface area contributed by atoms with Crippen LogP contribution < -0.4 is 4.74 Å². The number of likely N-dealkylation sites (N-methyl/N-ethyl adjacent to an activating group) is 1. The van der Waals surface area contributed by atoms with Crippen LogP contribution in [-0.2, 0) is 9.59 Å². The minimum Gasteiger partial charge on any atom is -0.507 e. The minimum absolute atomic E-state index is 0.0928. The van der Waals surface area contributed by atoms with Crippen molar-refractivity contribution in [3.05, 3.63) is 64.5 Å². The van der Waals surface area contributed by atoms with Crippen LogP contribution in [0, 0.1) is 13.8 Å². The lowest BCUT2D eigenvalue weighted by Crippen LogP contribution is -2.38. The molecule has 1 saturated heterocycles. The Labute approximate surface area is 189 Å². The third kappa shape index (κ3) is 4.39. The second kappa shape index (κ2) is 9.96. The standard InChI is InChI=1S/C25H31N3O4/c1-6-27(7-2)11-12-28-22(18-9-8-10-26-15-18)21(24(30)25(28)31)23(29)19-13-17(4)20(32-5)14-16(19)3/h8-10,13-15,22,29H,6-7,11-12H2,1-5H3/b23-21+. The van der Waals surface area contributed by atoms with E-state index in [1.807, 2.05) is 26.0 Å². The number of aliphatic hydroxyl groups excluding tert-OH is 1. The van der Waals surface area contributed by atoms with Crippen molar-refractivity contribution in [1.82, 2.24) is 14.8 Å². The summed E-state index contributed by atoms with van der Waals surface area (Å²) in [5.41, 5.74) is 2.88. The zero-order chi connectivity index (χ0) is 23.4. The molecule has 0 spiro atoms. The zero-order valence-corrected chi connectivity index (χ0v) is 19.4. The lowest BCUT2D eigenvalue weighted by atomic mass is 9.93. The van der Waals surface area contributed by atoms with E-state index in [0.717, 1.165) is 24.2 Å². The molecule has 1 aromatic carbocycles. The van der Waals surface area contributed by atoms with E-state index in [1.165, 1.54) is 0 Å². The number of ether oxygens (including phenoxy) is 1. The maximum Gasteiger partial charge on any atom is 0.295 e. The number of aryl methyl sites for hydroxylation is 2. The summed E-state index contributed by atoms with van der Waals surface area (Å²) >= 11 is 0. The number of ketones is 1. The Morgan fingerprint density at radius 2 is 1.91 bits per heavy atom. The number of Topliss-reactive ketones (excluding diaryl/α,β-unsaturated/α-hetero) is 1. The van der Waals surface area contributed by atoms with Gasteiger partial charge in [0.05, 0.1) is 18.7 Å². The smallest absolute Gasteiger partial charge is 0.295 e. The van der Waals surface area contributed by atoms with Crippen molar-refractivity contribution in [1.29, 1.82) is 0 Å². The molecule has 0 saturated carbocycles. The summed E-state index contributed by atoms with van der Waals surface area (Å²) in [5.74, 6) is -0.757. The molecule has 170 valence electrons. The highest BCUT2D eigenvalue weighted by Crippen LogP contribution is 2.40. The van der Waals surface area contributed by atoms with Gasteiger partial charge in [0.15, 0.2) is 0 Å². The molecular weight excluding hydrogens is 406 g/mol. The number of aliphatic hydroxyl groups is 1. The lowest BCUT2D eigenvalue weighted by molar-refractivity contribution is -0.140. The molecule has 2 aromatic rings. The van der Waals surface area contributed by atoms with E-state index in [4.69, 9.17) is 4.74 Å². The average molecular weight is 438 g/mol. The summed E-state index contributed by atoms with van der Waals surface area (Å²) in [6, 6.07) is 6.50. The predicted octanol–water partition coefficient (Wildman–Crippen LogP) is 3.47. The molecule has 1 atom stereocenters. The number of rotatable bonds is 8. The topological polar surface area (TPSA) is 83.0 Å². The normalized spacial score (nSPS) is 17.9. The summed E-state index contributed by atoms with van der Waals surface area (Å²) in [6.45, 7) is 10.5. The molecule has 1 aromatic heterocycles. The molecule has 0 bridgehead atoms. The summed E-state index contributed by atoms with van der Waals surface area (Å²) in [6.07, 6.45) is 3.28. The fraction of sp³-hybridized carbons (Fsp3) is 0.400. The van der Waals surface area contributed by atoms with Crippen molar-refractivity contribution >= 4 is 17.4 Å². The Bertz CT molecular complexity index is 1030. The van der Waals surface area contributed by atoms with Crippen molar-refractivity contribution < 1.29 is 19.4 Å². The van der Waals surface area contributed by atoms with Crippen LogP contribution >= 0.6 is 0 Å². The Balaban J connectivity index is 2.13. The predicted molar refractivity (Wildman–Crippen MR) is 124 cm³/mol. The number of hydrogen-bond donors (Lipinski definition) is 1. The fourth-order valence-corrected chi connectivity index (χ4v) is 4.19. The fourth-order valence-electron chi connectivity index (χ4n) is 4.19. The van der Waals surface area contributed by atoms with E-state index in [9.17, 15) is 14.7 Å². The van der Waals surface area contributed by atoms with Crippen LogP contribution in [-0.4, -0.2) is 64.9 Å². The number of likely N-dealkylation sites (tertiary alicyclic amines) is 1. The molecule has 1 fully saturated rings. The number of aromatic nitrogens is 1. The van der Waals surface area contributed by atoms with Crippen LogP contribution in [0.2, 0.25) is 0 Å². The van der Waals surface area contributed by atoms with Gasteiger partial charge in [-0.2, -0.15) is 0 Å². The molecule has 7 nitrogen and oxygen atoms in total. The van der Waals surface area contributed by atoms with Gasteiger partial charge >= 0.3 is 0 Å². The van der Waals surface area contributed by atoms with E-state index < -0.39 is 17.7 Å². The van der Waals surface area contributed by atoms with E-state index in [2.05, 4.69) is 23.7 Å². The highest BCUT2D eigenvalue weighted by molar-refractivity contribution is 6.46.